The van der Waals surface area contributed by atoms with Crippen molar-refractivity contribution in [2.75, 3.05) is 27.2 Å². The summed E-state index contributed by atoms with van der Waals surface area (Å²) in [7, 11) is 4.19. The van der Waals surface area contributed by atoms with E-state index in [1.54, 1.807) is 0 Å². The van der Waals surface area contributed by atoms with Gasteiger partial charge in [0.1, 0.15) is 0 Å². The van der Waals surface area contributed by atoms with Crippen molar-refractivity contribution < 1.29 is 0 Å². The van der Waals surface area contributed by atoms with Gasteiger partial charge in [0.05, 0.1) is 0 Å². The lowest BCUT2D eigenvalue weighted by molar-refractivity contribution is 0.0298. The molecule has 0 radical (unpaired) electrons. The summed E-state index contributed by atoms with van der Waals surface area (Å²) in [5.41, 5.74) is 0.453. The maximum absolute atomic E-state index is 3.20. The highest BCUT2D eigenvalue weighted by molar-refractivity contribution is 4.95. The number of likely N-dealkylation sites (N-methyl/N-ethyl adjacent to an activating group) is 2. The molecule has 2 nitrogen and oxygen atoms in total. The Bertz CT molecular complexity index is 103. The first-order valence-corrected chi connectivity index (χ1v) is 3.55. The fourth-order valence-electron chi connectivity index (χ4n) is 1.32. The monoisotopic (exact) mass is 128 g/mol. The summed E-state index contributed by atoms with van der Waals surface area (Å²) in [5, 5.41) is 3.20. The lowest BCUT2D eigenvalue weighted by atomic mass is 9.87. The number of hydrogen-bond acceptors (Lipinski definition) is 2. The van der Waals surface area contributed by atoms with E-state index >= 15 is 0 Å². The van der Waals surface area contributed by atoms with E-state index < -0.39 is 0 Å². The molecule has 0 amide bonds. The molecule has 1 fully saturated rings. The summed E-state index contributed by atoms with van der Waals surface area (Å²) >= 11 is 0. The normalized spacial score (nSPS) is 36.3. The number of hydrogen-bond donors (Lipinski definition) is 1. The van der Waals surface area contributed by atoms with Gasteiger partial charge in [0.2, 0.25) is 0 Å². The zero-order valence-electron chi connectivity index (χ0n) is 6.57. The molecule has 54 valence electrons. The third kappa shape index (κ3) is 1.10. The molecule has 0 aromatic rings. The second-order valence-corrected chi connectivity index (χ2v) is 3.20. The van der Waals surface area contributed by atoms with Crippen LogP contribution in [-0.4, -0.2) is 37.6 Å². The average molecular weight is 128 g/mol. The predicted molar refractivity (Wildman–Crippen MR) is 39.6 cm³/mol. The molecule has 1 rings (SSSR count). The van der Waals surface area contributed by atoms with E-state index in [9.17, 15) is 0 Å². The molecule has 0 aliphatic carbocycles. The average Bonchev–Trinajstić information content (AvgIpc) is 1.86. The van der Waals surface area contributed by atoms with Crippen molar-refractivity contribution in [2.45, 2.75) is 18.9 Å². The molecule has 0 spiro atoms. The molecule has 0 aromatic heterocycles. The van der Waals surface area contributed by atoms with Crippen LogP contribution < -0.4 is 5.32 Å². The van der Waals surface area contributed by atoms with Gasteiger partial charge in [0.25, 0.3) is 0 Å². The van der Waals surface area contributed by atoms with Crippen LogP contribution in [0.15, 0.2) is 0 Å². The van der Waals surface area contributed by atoms with Gasteiger partial charge in [-0.15, -0.1) is 0 Å². The summed E-state index contributed by atoms with van der Waals surface area (Å²) in [6.45, 7) is 4.68. The number of likely N-dealkylation sites (tertiary alicyclic amines) is 1. The molecule has 1 heterocycles. The number of rotatable bonds is 2. The number of nitrogens with one attached hydrogen (secondary N) is 1. The first-order chi connectivity index (χ1) is 4.19. The molecular weight excluding hydrogens is 112 g/mol. The Balaban J connectivity index is 2.34. The maximum Gasteiger partial charge on any atom is 0.0314 e. The van der Waals surface area contributed by atoms with Crippen LogP contribution in [0.25, 0.3) is 0 Å². The summed E-state index contributed by atoms with van der Waals surface area (Å²) in [6.07, 6.45) is 1.34. The fourth-order valence-corrected chi connectivity index (χ4v) is 1.32. The van der Waals surface area contributed by atoms with Crippen molar-refractivity contribution in [1.82, 2.24) is 10.2 Å². The van der Waals surface area contributed by atoms with Gasteiger partial charge in [-0.25, -0.2) is 0 Å². The Morgan fingerprint density at radius 3 is 2.44 bits per heavy atom. The van der Waals surface area contributed by atoms with Crippen LogP contribution in [0, 0.1) is 0 Å². The van der Waals surface area contributed by atoms with Gasteiger partial charge in [-0.2, -0.15) is 0 Å². The molecule has 1 atom stereocenters. The molecule has 1 N–H and O–H groups in total. The molecule has 0 saturated carbocycles. The van der Waals surface area contributed by atoms with Gasteiger partial charge < -0.3 is 5.32 Å². The molecule has 2 heteroatoms. The lowest BCUT2D eigenvalue weighted by Gasteiger charge is -2.48. The highest BCUT2D eigenvalue weighted by atomic mass is 15.2. The third-order valence-corrected chi connectivity index (χ3v) is 2.46. The van der Waals surface area contributed by atoms with E-state index in [2.05, 4.69) is 24.2 Å². The van der Waals surface area contributed by atoms with E-state index in [0.717, 1.165) is 6.54 Å². The summed E-state index contributed by atoms with van der Waals surface area (Å²) in [6, 6.07) is 0. The molecule has 1 aliphatic heterocycles. The van der Waals surface area contributed by atoms with Crippen LogP contribution >= 0.6 is 0 Å². The molecular formula is C7H16N2. The van der Waals surface area contributed by atoms with Gasteiger partial charge in [-0.3, -0.25) is 4.90 Å². The Labute approximate surface area is 57.2 Å². The number of nitrogens with zero attached hydrogens (tertiary/aromatic N) is 1. The maximum atomic E-state index is 3.20. The smallest absolute Gasteiger partial charge is 0.0314 e. The summed E-state index contributed by atoms with van der Waals surface area (Å²) < 4.78 is 0. The Kier molecular flexibility index (Phi) is 1.78. The van der Waals surface area contributed by atoms with Crippen molar-refractivity contribution in [1.29, 1.82) is 0 Å². The third-order valence-electron chi connectivity index (χ3n) is 2.46. The van der Waals surface area contributed by atoms with Crippen molar-refractivity contribution in [3.63, 3.8) is 0 Å². The van der Waals surface area contributed by atoms with E-state index in [0.29, 0.717) is 5.54 Å². The van der Waals surface area contributed by atoms with Gasteiger partial charge in [0.15, 0.2) is 0 Å². The molecule has 9 heavy (non-hydrogen) atoms. The Hall–Kier alpha value is -0.0800. The van der Waals surface area contributed by atoms with Crippen molar-refractivity contribution in [2.24, 2.45) is 0 Å². The molecule has 1 saturated heterocycles. The van der Waals surface area contributed by atoms with Crippen LogP contribution in [0.4, 0.5) is 0 Å². The SMILES string of the molecule is CNCC1(C)CCN1C. The topological polar surface area (TPSA) is 15.3 Å². The van der Waals surface area contributed by atoms with Crippen LogP contribution in [0.2, 0.25) is 0 Å². The van der Waals surface area contributed by atoms with E-state index in [1.807, 2.05) is 7.05 Å². The van der Waals surface area contributed by atoms with Crippen LogP contribution in [0.3, 0.4) is 0 Å². The zero-order valence-corrected chi connectivity index (χ0v) is 6.57. The minimum absolute atomic E-state index is 0.453. The highest BCUT2D eigenvalue weighted by Crippen LogP contribution is 2.26. The minimum Gasteiger partial charge on any atom is -0.318 e. The predicted octanol–water partition coefficient (Wildman–Crippen LogP) is 0.300. The van der Waals surface area contributed by atoms with Gasteiger partial charge in [-0.1, -0.05) is 0 Å². The lowest BCUT2D eigenvalue weighted by Crippen LogP contribution is -2.60. The Morgan fingerprint density at radius 1 is 1.67 bits per heavy atom. The van der Waals surface area contributed by atoms with Crippen molar-refractivity contribution in [3.05, 3.63) is 0 Å². The highest BCUT2D eigenvalue weighted by Gasteiger charge is 2.36. The zero-order chi connectivity index (χ0) is 6.91. The van der Waals surface area contributed by atoms with Crippen molar-refractivity contribution in [3.8, 4) is 0 Å². The van der Waals surface area contributed by atoms with Crippen molar-refractivity contribution >= 4 is 0 Å². The fraction of sp³-hybridized carbons (Fsp3) is 1.00. The minimum atomic E-state index is 0.453. The molecule has 0 bridgehead atoms. The standard InChI is InChI=1S/C7H16N2/c1-7(6-8-2)4-5-9(7)3/h8H,4-6H2,1-3H3. The quantitative estimate of drug-likeness (QED) is 0.575. The van der Waals surface area contributed by atoms with Gasteiger partial charge >= 0.3 is 0 Å². The largest absolute Gasteiger partial charge is 0.318 e. The van der Waals surface area contributed by atoms with Crippen LogP contribution in [-0.2, 0) is 0 Å². The Morgan fingerprint density at radius 2 is 2.33 bits per heavy atom. The molecule has 0 aromatic carbocycles. The molecule has 1 unspecified atom stereocenters. The van der Waals surface area contributed by atoms with Crippen LogP contribution in [0.1, 0.15) is 13.3 Å². The van der Waals surface area contributed by atoms with E-state index in [4.69, 9.17) is 0 Å². The van der Waals surface area contributed by atoms with E-state index in [-0.39, 0.29) is 0 Å². The second kappa shape index (κ2) is 2.27. The molecule has 1 aliphatic rings. The summed E-state index contributed by atoms with van der Waals surface area (Å²) in [4.78, 5) is 2.39. The second-order valence-electron chi connectivity index (χ2n) is 3.20. The van der Waals surface area contributed by atoms with Gasteiger partial charge in [-0.05, 0) is 27.4 Å². The first-order valence-electron chi connectivity index (χ1n) is 3.55. The summed E-state index contributed by atoms with van der Waals surface area (Å²) in [5.74, 6) is 0. The first kappa shape index (κ1) is 7.03. The van der Waals surface area contributed by atoms with E-state index in [1.165, 1.54) is 13.0 Å². The van der Waals surface area contributed by atoms with Gasteiger partial charge in [0, 0.05) is 18.6 Å². The van der Waals surface area contributed by atoms with Crippen LogP contribution in [0.5, 0.6) is 0 Å².